The highest BCUT2D eigenvalue weighted by molar-refractivity contribution is 5.99. The van der Waals surface area contributed by atoms with Crippen LogP contribution < -0.4 is 10.2 Å². The Balaban J connectivity index is 1.20. The Bertz CT molecular complexity index is 813. The molecule has 0 aliphatic carbocycles. The van der Waals surface area contributed by atoms with Gasteiger partial charge in [-0.25, -0.2) is 4.99 Å². The molecule has 1 aromatic carbocycles. The van der Waals surface area contributed by atoms with Crippen LogP contribution in [0.2, 0.25) is 0 Å². The minimum atomic E-state index is 0.320. The molecular formula is C27H44N6O. The molecule has 0 radical (unpaired) electrons. The summed E-state index contributed by atoms with van der Waals surface area (Å²) in [7, 11) is 4.41. The standard InChI is InChI=1S/C27H44N6O/c1-21-25-11-16-33(13-4-12-31-17-19-34-20-18-31)27(25)29-26(28-21)22-5-7-24(8-6-22)32-14-9-23(10-15-32)30(2)3/h5-8,21,23,25,27H,4,9-20H2,1-3H3,(H,28,29). The molecular weight excluding hydrogens is 424 g/mol. The maximum absolute atomic E-state index is 5.49. The fourth-order valence-corrected chi connectivity index (χ4v) is 6.24. The highest BCUT2D eigenvalue weighted by atomic mass is 16.5. The van der Waals surface area contributed by atoms with E-state index in [1.807, 2.05) is 0 Å². The van der Waals surface area contributed by atoms with Crippen molar-refractivity contribution in [3.63, 3.8) is 0 Å². The number of nitrogens with zero attached hydrogens (tertiary/aromatic N) is 5. The Hall–Kier alpha value is -1.67. The number of fused-ring (bicyclic) bond motifs is 1. The van der Waals surface area contributed by atoms with Gasteiger partial charge in [0.15, 0.2) is 0 Å². The Morgan fingerprint density at radius 3 is 2.41 bits per heavy atom. The number of aliphatic imine (C=N–C) groups is 1. The van der Waals surface area contributed by atoms with Gasteiger partial charge in [0.2, 0.25) is 0 Å². The molecule has 34 heavy (non-hydrogen) atoms. The summed E-state index contributed by atoms with van der Waals surface area (Å²) in [4.78, 5) is 15.3. The minimum Gasteiger partial charge on any atom is -0.379 e. The van der Waals surface area contributed by atoms with Gasteiger partial charge in [-0.2, -0.15) is 0 Å². The number of anilines is 1. The van der Waals surface area contributed by atoms with E-state index in [1.54, 1.807) is 0 Å². The van der Waals surface area contributed by atoms with E-state index in [2.05, 4.69) is 70.2 Å². The fraction of sp³-hybridized carbons (Fsp3) is 0.741. The van der Waals surface area contributed by atoms with Gasteiger partial charge in [0.1, 0.15) is 12.0 Å². The van der Waals surface area contributed by atoms with Crippen LogP contribution >= 0.6 is 0 Å². The van der Waals surface area contributed by atoms with E-state index in [0.29, 0.717) is 24.2 Å². The van der Waals surface area contributed by atoms with E-state index in [4.69, 9.17) is 9.73 Å². The van der Waals surface area contributed by atoms with Gasteiger partial charge < -0.3 is 19.9 Å². The molecule has 1 aromatic rings. The molecule has 0 spiro atoms. The van der Waals surface area contributed by atoms with Crippen molar-refractivity contribution < 1.29 is 4.74 Å². The van der Waals surface area contributed by atoms with Gasteiger partial charge in [0.25, 0.3) is 0 Å². The van der Waals surface area contributed by atoms with Crippen LogP contribution in [0.3, 0.4) is 0 Å². The molecule has 0 bridgehead atoms. The highest BCUT2D eigenvalue weighted by Gasteiger charge is 2.40. The summed E-state index contributed by atoms with van der Waals surface area (Å²) in [6.07, 6.45) is 5.26. The summed E-state index contributed by atoms with van der Waals surface area (Å²) in [6, 6.07) is 10.3. The van der Waals surface area contributed by atoms with Crippen LogP contribution in [-0.4, -0.2) is 112 Å². The second-order valence-corrected chi connectivity index (χ2v) is 10.8. The van der Waals surface area contributed by atoms with Crippen molar-refractivity contribution in [3.05, 3.63) is 29.8 Å². The SMILES string of the molecule is CC1NC(c2ccc(N3CCC(N(C)C)CC3)cc2)=NC2C1CCN2CCCN1CCOCC1. The molecule has 4 aliphatic rings. The number of hydrogen-bond donors (Lipinski definition) is 1. The summed E-state index contributed by atoms with van der Waals surface area (Å²) >= 11 is 0. The number of nitrogens with one attached hydrogen (secondary N) is 1. The predicted molar refractivity (Wildman–Crippen MR) is 140 cm³/mol. The Labute approximate surface area is 206 Å². The molecule has 0 saturated carbocycles. The maximum atomic E-state index is 5.49. The summed E-state index contributed by atoms with van der Waals surface area (Å²) in [5.74, 6) is 1.69. The van der Waals surface area contributed by atoms with E-state index in [9.17, 15) is 0 Å². The van der Waals surface area contributed by atoms with E-state index < -0.39 is 0 Å². The monoisotopic (exact) mass is 468 g/mol. The number of morpholine rings is 1. The predicted octanol–water partition coefficient (Wildman–Crippen LogP) is 2.33. The van der Waals surface area contributed by atoms with Crippen LogP contribution in [0, 0.1) is 5.92 Å². The molecule has 3 fully saturated rings. The molecule has 7 nitrogen and oxygen atoms in total. The third-order valence-electron chi connectivity index (χ3n) is 8.50. The third kappa shape index (κ3) is 5.43. The van der Waals surface area contributed by atoms with Gasteiger partial charge in [0, 0.05) is 68.5 Å². The lowest BCUT2D eigenvalue weighted by molar-refractivity contribution is 0.0357. The van der Waals surface area contributed by atoms with E-state index >= 15 is 0 Å². The van der Waals surface area contributed by atoms with Crippen molar-refractivity contribution in [2.24, 2.45) is 10.9 Å². The van der Waals surface area contributed by atoms with E-state index in [0.717, 1.165) is 51.8 Å². The fourth-order valence-electron chi connectivity index (χ4n) is 6.24. The number of piperidine rings is 1. The number of likely N-dealkylation sites (tertiary alicyclic amines) is 1. The average Bonchev–Trinajstić information content (AvgIpc) is 3.28. The van der Waals surface area contributed by atoms with Crippen LogP contribution in [0.15, 0.2) is 29.3 Å². The van der Waals surface area contributed by atoms with Crippen molar-refractivity contribution >= 4 is 11.5 Å². The molecule has 0 amide bonds. The van der Waals surface area contributed by atoms with Crippen LogP contribution in [0.4, 0.5) is 5.69 Å². The minimum absolute atomic E-state index is 0.320. The first-order chi connectivity index (χ1) is 16.6. The average molecular weight is 469 g/mol. The van der Waals surface area contributed by atoms with Gasteiger partial charge >= 0.3 is 0 Å². The molecule has 0 aromatic heterocycles. The van der Waals surface area contributed by atoms with Crippen molar-refractivity contribution in [1.82, 2.24) is 20.0 Å². The lowest BCUT2D eigenvalue weighted by atomic mass is 9.95. The zero-order valence-electron chi connectivity index (χ0n) is 21.5. The highest BCUT2D eigenvalue weighted by Crippen LogP contribution is 2.32. The third-order valence-corrected chi connectivity index (χ3v) is 8.50. The Morgan fingerprint density at radius 2 is 1.71 bits per heavy atom. The first kappa shape index (κ1) is 24.0. The van der Waals surface area contributed by atoms with Crippen molar-refractivity contribution in [3.8, 4) is 0 Å². The summed E-state index contributed by atoms with van der Waals surface area (Å²) < 4.78 is 5.49. The maximum Gasteiger partial charge on any atom is 0.130 e. The van der Waals surface area contributed by atoms with E-state index in [1.165, 1.54) is 50.0 Å². The molecule has 4 heterocycles. The Kier molecular flexibility index (Phi) is 7.74. The molecule has 1 N–H and O–H groups in total. The number of amidine groups is 1. The quantitative estimate of drug-likeness (QED) is 0.663. The van der Waals surface area contributed by atoms with Crippen LogP contribution in [0.25, 0.3) is 0 Å². The van der Waals surface area contributed by atoms with Crippen molar-refractivity contribution in [1.29, 1.82) is 0 Å². The van der Waals surface area contributed by atoms with Crippen LogP contribution in [-0.2, 0) is 4.74 Å². The zero-order chi connectivity index (χ0) is 23.5. The smallest absolute Gasteiger partial charge is 0.130 e. The molecule has 5 rings (SSSR count). The lowest BCUT2D eigenvalue weighted by Gasteiger charge is -2.37. The molecule has 3 saturated heterocycles. The summed E-state index contributed by atoms with van der Waals surface area (Å²) in [5, 5.41) is 3.73. The number of benzene rings is 1. The van der Waals surface area contributed by atoms with Gasteiger partial charge in [-0.1, -0.05) is 0 Å². The second kappa shape index (κ2) is 10.9. The largest absolute Gasteiger partial charge is 0.379 e. The number of hydrogen-bond acceptors (Lipinski definition) is 7. The van der Waals surface area contributed by atoms with Gasteiger partial charge in [-0.05, 0) is 77.5 Å². The molecule has 3 atom stereocenters. The normalized spacial score (nSPS) is 29.2. The van der Waals surface area contributed by atoms with Crippen molar-refractivity contribution in [2.45, 2.75) is 50.9 Å². The molecule has 3 unspecified atom stereocenters. The summed E-state index contributed by atoms with van der Waals surface area (Å²) in [5.41, 5.74) is 2.56. The number of ether oxygens (including phenoxy) is 1. The van der Waals surface area contributed by atoms with E-state index in [-0.39, 0.29) is 0 Å². The van der Waals surface area contributed by atoms with Crippen LogP contribution in [0.1, 0.15) is 38.2 Å². The van der Waals surface area contributed by atoms with Gasteiger partial charge in [-0.15, -0.1) is 0 Å². The second-order valence-electron chi connectivity index (χ2n) is 10.8. The first-order valence-electron chi connectivity index (χ1n) is 13.5. The zero-order valence-corrected chi connectivity index (χ0v) is 21.5. The number of rotatable bonds is 7. The first-order valence-corrected chi connectivity index (χ1v) is 13.5. The lowest BCUT2D eigenvalue weighted by Crippen LogP contribution is -2.49. The molecule has 4 aliphatic heterocycles. The topological polar surface area (TPSA) is 46.6 Å². The molecule has 7 heteroatoms. The molecule has 188 valence electrons. The van der Waals surface area contributed by atoms with Gasteiger partial charge in [-0.3, -0.25) is 9.80 Å². The van der Waals surface area contributed by atoms with Crippen molar-refractivity contribution in [2.75, 3.05) is 78.0 Å². The summed E-state index contributed by atoms with van der Waals surface area (Å²) in [6.45, 7) is 12.0. The Morgan fingerprint density at radius 1 is 0.971 bits per heavy atom. The van der Waals surface area contributed by atoms with Gasteiger partial charge in [0.05, 0.1) is 13.2 Å². The van der Waals surface area contributed by atoms with Crippen LogP contribution in [0.5, 0.6) is 0 Å².